The van der Waals surface area contributed by atoms with E-state index in [-0.39, 0.29) is 17.0 Å². The van der Waals surface area contributed by atoms with Gasteiger partial charge in [-0.05, 0) is 19.1 Å². The smallest absolute Gasteiger partial charge is 0.218 e. The second-order valence-corrected chi connectivity index (χ2v) is 4.42. The van der Waals surface area contributed by atoms with Gasteiger partial charge in [0.2, 0.25) is 11.7 Å². The van der Waals surface area contributed by atoms with Crippen LogP contribution in [0.2, 0.25) is 0 Å². The molecule has 3 rings (SSSR count). The van der Waals surface area contributed by atoms with Crippen molar-refractivity contribution >= 4 is 16.3 Å². The van der Waals surface area contributed by atoms with Crippen molar-refractivity contribution in [3.05, 3.63) is 53.9 Å². The summed E-state index contributed by atoms with van der Waals surface area (Å²) in [6.45, 7) is 4.14. The van der Waals surface area contributed by atoms with Crippen LogP contribution in [-0.2, 0) is 0 Å². The van der Waals surface area contributed by atoms with E-state index in [9.17, 15) is 5.11 Å². The molecule has 1 N–H and O–H groups in total. The molecule has 0 fully saturated rings. The fourth-order valence-electron chi connectivity index (χ4n) is 2.28. The number of halogens is 1. The number of aryl methyl sites for hydroxylation is 2. The van der Waals surface area contributed by atoms with Crippen LogP contribution in [0.15, 0.2) is 42.6 Å². The van der Waals surface area contributed by atoms with Crippen LogP contribution in [-0.4, -0.2) is 5.11 Å². The molecule has 0 aliphatic heterocycles. The third kappa shape index (κ3) is 1.75. The molecule has 2 heterocycles. The standard InChI is InChI=1S/C15H13NO.BrH/c1-10-7-8-14-12-5-3-4-6-13(12)15(17)9-16(14)11(10)2;/h3-9H,1-2H3;1H. The van der Waals surface area contributed by atoms with E-state index in [1.807, 2.05) is 28.7 Å². The van der Waals surface area contributed by atoms with E-state index in [2.05, 4.69) is 26.0 Å². The lowest BCUT2D eigenvalue weighted by atomic mass is 10.1. The Morgan fingerprint density at radius 2 is 1.61 bits per heavy atom. The Labute approximate surface area is 116 Å². The van der Waals surface area contributed by atoms with Gasteiger partial charge in [0, 0.05) is 23.9 Å². The van der Waals surface area contributed by atoms with Gasteiger partial charge in [0.05, 0.1) is 5.39 Å². The monoisotopic (exact) mass is 303 g/mol. The summed E-state index contributed by atoms with van der Waals surface area (Å²) in [5.74, 6) is 0.326. The minimum atomic E-state index is 0. The number of aromatic nitrogens is 1. The molecule has 0 bridgehead atoms. The molecule has 0 saturated heterocycles. The van der Waals surface area contributed by atoms with Gasteiger partial charge in [-0.15, -0.1) is 0 Å². The van der Waals surface area contributed by atoms with Crippen LogP contribution in [0.3, 0.4) is 0 Å². The van der Waals surface area contributed by atoms with Crippen molar-refractivity contribution < 1.29 is 26.5 Å². The normalized spacial score (nSPS) is 10.6. The number of hydrogen-bond donors (Lipinski definition) is 1. The Hall–Kier alpha value is -1.61. The molecule has 2 nitrogen and oxygen atoms in total. The summed E-state index contributed by atoms with van der Waals surface area (Å²) in [4.78, 5) is 0. The molecule has 3 heteroatoms. The van der Waals surface area contributed by atoms with Gasteiger partial charge in [0.15, 0.2) is 11.4 Å². The van der Waals surface area contributed by atoms with Gasteiger partial charge in [-0.25, -0.2) is 0 Å². The molecule has 0 radical (unpaired) electrons. The fourth-order valence-corrected chi connectivity index (χ4v) is 2.28. The largest absolute Gasteiger partial charge is 1.00 e. The predicted octanol–water partition coefficient (Wildman–Crippen LogP) is -0.0951. The number of fused-ring (bicyclic) bond motifs is 3. The van der Waals surface area contributed by atoms with Crippen LogP contribution < -0.4 is 21.4 Å². The molecule has 0 spiro atoms. The van der Waals surface area contributed by atoms with Gasteiger partial charge < -0.3 is 22.1 Å². The maximum absolute atomic E-state index is 10.1. The zero-order valence-electron chi connectivity index (χ0n) is 10.3. The zero-order chi connectivity index (χ0) is 12.0. The SMILES string of the molecule is Cc1ccc2c3ccccc3c(O)c[n+]2c1C.[Br-]. The molecule has 0 unspecified atom stereocenters. The van der Waals surface area contributed by atoms with E-state index < -0.39 is 0 Å². The summed E-state index contributed by atoms with van der Waals surface area (Å²) in [5.41, 5.74) is 3.50. The van der Waals surface area contributed by atoms with E-state index in [0.717, 1.165) is 22.0 Å². The molecular weight excluding hydrogens is 290 g/mol. The Morgan fingerprint density at radius 1 is 0.944 bits per heavy atom. The van der Waals surface area contributed by atoms with Gasteiger partial charge >= 0.3 is 0 Å². The van der Waals surface area contributed by atoms with E-state index in [4.69, 9.17) is 0 Å². The summed E-state index contributed by atoms with van der Waals surface area (Å²) in [6.07, 6.45) is 1.79. The van der Waals surface area contributed by atoms with Crippen molar-refractivity contribution in [2.75, 3.05) is 0 Å². The Bertz CT molecular complexity index is 737. The van der Waals surface area contributed by atoms with Gasteiger partial charge in [-0.2, -0.15) is 4.40 Å². The highest BCUT2D eigenvalue weighted by Gasteiger charge is 2.15. The van der Waals surface area contributed by atoms with Crippen molar-refractivity contribution in [3.63, 3.8) is 0 Å². The Morgan fingerprint density at radius 3 is 2.33 bits per heavy atom. The number of rotatable bonds is 0. The second-order valence-electron chi connectivity index (χ2n) is 4.42. The van der Waals surface area contributed by atoms with Gasteiger partial charge in [-0.1, -0.05) is 18.2 Å². The van der Waals surface area contributed by atoms with E-state index >= 15 is 0 Å². The highest BCUT2D eigenvalue weighted by molar-refractivity contribution is 5.96. The molecule has 0 aliphatic carbocycles. The predicted molar refractivity (Wildman–Crippen MR) is 68.2 cm³/mol. The summed E-state index contributed by atoms with van der Waals surface area (Å²) < 4.78 is 2.05. The summed E-state index contributed by atoms with van der Waals surface area (Å²) in [6, 6.07) is 12.1. The van der Waals surface area contributed by atoms with Crippen LogP contribution in [0.4, 0.5) is 0 Å². The molecule has 2 aromatic heterocycles. The number of benzene rings is 1. The third-order valence-electron chi connectivity index (χ3n) is 3.41. The van der Waals surface area contributed by atoms with Crippen LogP contribution in [0, 0.1) is 13.8 Å². The quantitative estimate of drug-likeness (QED) is 0.455. The van der Waals surface area contributed by atoms with Crippen molar-refractivity contribution in [1.29, 1.82) is 0 Å². The summed E-state index contributed by atoms with van der Waals surface area (Å²) in [7, 11) is 0. The molecule has 0 aliphatic rings. The second kappa shape index (κ2) is 4.58. The first-order chi connectivity index (χ1) is 8.18. The minimum absolute atomic E-state index is 0. The lowest BCUT2D eigenvalue weighted by molar-refractivity contribution is -0.519. The number of nitrogens with zero attached hydrogens (tertiary/aromatic N) is 1. The highest BCUT2D eigenvalue weighted by Crippen LogP contribution is 2.25. The molecule has 18 heavy (non-hydrogen) atoms. The maximum atomic E-state index is 10.1. The van der Waals surface area contributed by atoms with Crippen LogP contribution >= 0.6 is 0 Å². The average molecular weight is 304 g/mol. The summed E-state index contributed by atoms with van der Waals surface area (Å²) >= 11 is 0. The van der Waals surface area contributed by atoms with Crippen molar-refractivity contribution in [1.82, 2.24) is 0 Å². The topological polar surface area (TPSA) is 24.3 Å². The van der Waals surface area contributed by atoms with Gasteiger partial charge in [-0.3, -0.25) is 0 Å². The average Bonchev–Trinajstić information content (AvgIpc) is 2.35. The Balaban J connectivity index is 0.00000120. The van der Waals surface area contributed by atoms with E-state index in [1.54, 1.807) is 6.20 Å². The van der Waals surface area contributed by atoms with Gasteiger partial charge in [0.1, 0.15) is 0 Å². The first kappa shape index (κ1) is 12.8. The van der Waals surface area contributed by atoms with Crippen molar-refractivity contribution in [2.24, 2.45) is 0 Å². The summed E-state index contributed by atoms with van der Waals surface area (Å²) in [5, 5.41) is 12.0. The van der Waals surface area contributed by atoms with Crippen LogP contribution in [0.5, 0.6) is 5.75 Å². The number of hydrogen-bond acceptors (Lipinski definition) is 1. The first-order valence-electron chi connectivity index (χ1n) is 5.71. The maximum Gasteiger partial charge on any atom is 0.218 e. The fraction of sp³-hybridized carbons (Fsp3) is 0.133. The molecule has 3 aromatic rings. The number of aromatic hydroxyl groups is 1. The number of pyridine rings is 2. The lowest BCUT2D eigenvalue weighted by Gasteiger charge is -2.03. The Kier molecular flexibility index (Phi) is 3.26. The van der Waals surface area contributed by atoms with Crippen molar-refractivity contribution in [3.8, 4) is 5.75 Å². The molecular formula is C15H14BrNO. The zero-order valence-corrected chi connectivity index (χ0v) is 11.9. The lowest BCUT2D eigenvalue weighted by Crippen LogP contribution is -3.00. The van der Waals surface area contributed by atoms with Crippen LogP contribution in [0.25, 0.3) is 16.3 Å². The molecule has 0 atom stereocenters. The third-order valence-corrected chi connectivity index (χ3v) is 3.41. The first-order valence-corrected chi connectivity index (χ1v) is 5.71. The molecule has 0 saturated carbocycles. The van der Waals surface area contributed by atoms with E-state index in [0.29, 0.717) is 5.75 Å². The van der Waals surface area contributed by atoms with Crippen molar-refractivity contribution in [2.45, 2.75) is 13.8 Å². The van der Waals surface area contributed by atoms with E-state index in [1.165, 1.54) is 5.56 Å². The molecule has 92 valence electrons. The highest BCUT2D eigenvalue weighted by atomic mass is 79.9. The molecule has 0 amide bonds. The minimum Gasteiger partial charge on any atom is -1.00 e. The van der Waals surface area contributed by atoms with Gasteiger partial charge in [0.25, 0.3) is 0 Å². The van der Waals surface area contributed by atoms with Crippen LogP contribution in [0.1, 0.15) is 11.3 Å². The molecule has 1 aromatic carbocycles.